The van der Waals surface area contributed by atoms with Crippen molar-refractivity contribution in [3.8, 4) is 0 Å². The van der Waals surface area contributed by atoms with Gasteiger partial charge < -0.3 is 14.2 Å². The Hall–Kier alpha value is -3.93. The van der Waals surface area contributed by atoms with E-state index in [1.807, 2.05) is 0 Å². The summed E-state index contributed by atoms with van der Waals surface area (Å²) in [6.07, 6.45) is 89.5. The maximum absolute atomic E-state index is 12.9. The number of unbranched alkanes of at least 4 members (excludes halogenated alkanes) is 30. The first kappa shape index (κ1) is 74.1. The van der Waals surface area contributed by atoms with Crippen LogP contribution in [0.2, 0.25) is 0 Å². The molecular weight excluding hydrogens is 961 g/mol. The highest BCUT2D eigenvalue weighted by Crippen LogP contribution is 2.16. The van der Waals surface area contributed by atoms with Crippen LogP contribution in [0, 0.1) is 0 Å². The molecule has 0 saturated carbocycles. The van der Waals surface area contributed by atoms with Crippen LogP contribution >= 0.6 is 0 Å². The molecule has 6 nitrogen and oxygen atoms in total. The molecule has 0 rings (SSSR count). The summed E-state index contributed by atoms with van der Waals surface area (Å²) in [7, 11) is 0. The van der Waals surface area contributed by atoms with Crippen molar-refractivity contribution in [3.63, 3.8) is 0 Å². The summed E-state index contributed by atoms with van der Waals surface area (Å²) in [5.41, 5.74) is 0. The highest BCUT2D eigenvalue weighted by atomic mass is 16.6. The van der Waals surface area contributed by atoms with Crippen LogP contribution in [0.1, 0.15) is 310 Å². The molecule has 0 aromatic rings. The molecule has 0 aliphatic heterocycles. The number of ether oxygens (including phenoxy) is 3. The Labute approximate surface area is 482 Å². The lowest BCUT2D eigenvalue weighted by atomic mass is 10.0. The summed E-state index contributed by atoms with van der Waals surface area (Å²) in [4.78, 5) is 38.4. The molecular formula is C72H122O6. The standard InChI is InChI=1S/C72H122O6/c1-4-7-10-13-16-19-22-25-28-30-32-33-34-35-36-37-38-39-41-42-44-47-50-53-56-59-62-65-71(74)77-68-69(67-76-70(73)64-61-58-55-52-49-46-27-24-21-18-15-12-9-6-3)78-72(75)66-63-60-57-54-51-48-45-43-40-31-29-26-23-20-17-14-11-8-5-2/h7-8,10-11,16-17,19-20,24-29,32-33,40,43,69H,4-6,9,12-15,18,21-23,30-31,34-39,41-42,44-68H2,1-3H3/b10-7-,11-8-,19-16-,20-17-,27-24-,28-25-,29-26-,33-32-,43-40-. The predicted octanol–water partition coefficient (Wildman–Crippen LogP) is 22.6. The smallest absolute Gasteiger partial charge is 0.306 e. The van der Waals surface area contributed by atoms with Gasteiger partial charge in [0.15, 0.2) is 6.10 Å². The summed E-state index contributed by atoms with van der Waals surface area (Å²) >= 11 is 0. The second kappa shape index (κ2) is 65.6. The summed E-state index contributed by atoms with van der Waals surface area (Å²) in [6, 6.07) is 0. The topological polar surface area (TPSA) is 78.9 Å². The van der Waals surface area contributed by atoms with Crippen LogP contribution in [0.4, 0.5) is 0 Å². The third-order valence-electron chi connectivity index (χ3n) is 14.0. The Kier molecular flexibility index (Phi) is 62.3. The van der Waals surface area contributed by atoms with Gasteiger partial charge in [0.25, 0.3) is 0 Å². The molecule has 0 aliphatic carbocycles. The van der Waals surface area contributed by atoms with Crippen LogP contribution in [0.15, 0.2) is 109 Å². The van der Waals surface area contributed by atoms with Gasteiger partial charge in [-0.15, -0.1) is 0 Å². The zero-order valence-corrected chi connectivity index (χ0v) is 51.2. The average molecular weight is 1080 g/mol. The summed E-state index contributed by atoms with van der Waals surface area (Å²) in [5.74, 6) is -0.900. The minimum Gasteiger partial charge on any atom is -0.462 e. The fourth-order valence-electron chi connectivity index (χ4n) is 9.13. The van der Waals surface area contributed by atoms with Crippen molar-refractivity contribution < 1.29 is 28.6 Å². The number of hydrogen-bond acceptors (Lipinski definition) is 6. The summed E-state index contributed by atoms with van der Waals surface area (Å²) < 4.78 is 16.9. The van der Waals surface area contributed by atoms with Crippen LogP contribution in [-0.4, -0.2) is 37.2 Å². The lowest BCUT2D eigenvalue weighted by molar-refractivity contribution is -0.167. The van der Waals surface area contributed by atoms with E-state index < -0.39 is 6.10 Å². The third kappa shape index (κ3) is 62.9. The predicted molar refractivity (Wildman–Crippen MR) is 339 cm³/mol. The van der Waals surface area contributed by atoms with Crippen molar-refractivity contribution in [3.05, 3.63) is 109 Å². The fraction of sp³-hybridized carbons (Fsp3) is 0.708. The van der Waals surface area contributed by atoms with Gasteiger partial charge in [0.2, 0.25) is 0 Å². The number of allylic oxidation sites excluding steroid dienone is 18. The van der Waals surface area contributed by atoms with E-state index in [4.69, 9.17) is 14.2 Å². The quantitative estimate of drug-likeness (QED) is 0.0261. The van der Waals surface area contributed by atoms with Crippen molar-refractivity contribution >= 4 is 17.9 Å². The van der Waals surface area contributed by atoms with Crippen LogP contribution < -0.4 is 0 Å². The van der Waals surface area contributed by atoms with Gasteiger partial charge in [0.05, 0.1) is 0 Å². The zero-order chi connectivity index (χ0) is 56.4. The first-order chi connectivity index (χ1) is 38.5. The summed E-state index contributed by atoms with van der Waals surface area (Å²) in [5, 5.41) is 0. The zero-order valence-electron chi connectivity index (χ0n) is 51.2. The Morgan fingerprint density at radius 2 is 0.500 bits per heavy atom. The van der Waals surface area contributed by atoms with Gasteiger partial charge >= 0.3 is 17.9 Å². The Bertz CT molecular complexity index is 1570. The van der Waals surface area contributed by atoms with Crippen molar-refractivity contribution in [2.75, 3.05) is 13.2 Å². The van der Waals surface area contributed by atoms with Crippen LogP contribution in [0.5, 0.6) is 0 Å². The third-order valence-corrected chi connectivity index (χ3v) is 14.0. The number of carbonyl (C=O) groups is 3. The van der Waals surface area contributed by atoms with Gasteiger partial charge in [0.1, 0.15) is 13.2 Å². The fourth-order valence-corrected chi connectivity index (χ4v) is 9.13. The van der Waals surface area contributed by atoms with E-state index in [1.54, 1.807) is 0 Å². The first-order valence-corrected chi connectivity index (χ1v) is 32.9. The Morgan fingerprint density at radius 3 is 0.795 bits per heavy atom. The maximum Gasteiger partial charge on any atom is 0.306 e. The van der Waals surface area contributed by atoms with Crippen LogP contribution in [0.3, 0.4) is 0 Å². The highest BCUT2D eigenvalue weighted by Gasteiger charge is 2.19. The number of esters is 3. The Morgan fingerprint density at radius 1 is 0.269 bits per heavy atom. The molecule has 0 spiro atoms. The first-order valence-electron chi connectivity index (χ1n) is 32.9. The van der Waals surface area contributed by atoms with Crippen molar-refractivity contribution in [1.82, 2.24) is 0 Å². The molecule has 0 saturated heterocycles. The number of hydrogen-bond donors (Lipinski definition) is 0. The lowest BCUT2D eigenvalue weighted by Crippen LogP contribution is -2.30. The van der Waals surface area contributed by atoms with Gasteiger partial charge in [-0.1, -0.05) is 278 Å². The van der Waals surface area contributed by atoms with Crippen LogP contribution in [-0.2, 0) is 28.6 Å². The number of rotatable bonds is 59. The summed E-state index contributed by atoms with van der Waals surface area (Å²) in [6.45, 7) is 6.41. The Balaban J connectivity index is 4.32. The lowest BCUT2D eigenvalue weighted by Gasteiger charge is -2.18. The molecule has 1 unspecified atom stereocenters. The van der Waals surface area contributed by atoms with Gasteiger partial charge in [-0.05, 0) is 122 Å². The van der Waals surface area contributed by atoms with Crippen LogP contribution in [0.25, 0.3) is 0 Å². The van der Waals surface area contributed by atoms with E-state index in [-0.39, 0.29) is 31.1 Å². The van der Waals surface area contributed by atoms with Gasteiger partial charge in [-0.3, -0.25) is 14.4 Å². The van der Waals surface area contributed by atoms with E-state index in [1.165, 1.54) is 141 Å². The number of carbonyl (C=O) groups excluding carboxylic acids is 3. The molecule has 0 fully saturated rings. The second-order valence-corrected chi connectivity index (χ2v) is 21.6. The van der Waals surface area contributed by atoms with E-state index >= 15 is 0 Å². The molecule has 0 aliphatic rings. The molecule has 0 radical (unpaired) electrons. The van der Waals surface area contributed by atoms with Gasteiger partial charge in [-0.2, -0.15) is 0 Å². The maximum atomic E-state index is 12.9. The van der Waals surface area contributed by atoms with E-state index in [0.29, 0.717) is 19.3 Å². The minimum atomic E-state index is -0.791. The second-order valence-electron chi connectivity index (χ2n) is 21.6. The molecule has 0 aromatic heterocycles. The molecule has 0 heterocycles. The molecule has 0 aromatic carbocycles. The van der Waals surface area contributed by atoms with Gasteiger partial charge in [0, 0.05) is 19.3 Å². The normalized spacial score (nSPS) is 12.8. The molecule has 6 heteroatoms. The van der Waals surface area contributed by atoms with Crippen molar-refractivity contribution in [1.29, 1.82) is 0 Å². The average Bonchev–Trinajstić information content (AvgIpc) is 3.44. The highest BCUT2D eigenvalue weighted by molar-refractivity contribution is 5.71. The molecule has 0 N–H and O–H groups in total. The minimum absolute atomic E-state index is 0.0862. The van der Waals surface area contributed by atoms with Gasteiger partial charge in [-0.25, -0.2) is 0 Å². The molecule has 446 valence electrons. The van der Waals surface area contributed by atoms with Crippen molar-refractivity contribution in [2.24, 2.45) is 0 Å². The molecule has 1 atom stereocenters. The van der Waals surface area contributed by atoms with E-state index in [2.05, 4.69) is 130 Å². The molecule has 78 heavy (non-hydrogen) atoms. The molecule has 0 amide bonds. The van der Waals surface area contributed by atoms with E-state index in [0.717, 1.165) is 128 Å². The van der Waals surface area contributed by atoms with E-state index in [9.17, 15) is 14.4 Å². The monoisotopic (exact) mass is 1080 g/mol. The largest absolute Gasteiger partial charge is 0.462 e. The van der Waals surface area contributed by atoms with Crippen molar-refractivity contribution in [2.45, 2.75) is 316 Å². The molecule has 0 bridgehead atoms. The SMILES string of the molecule is CC/C=C\C/C=C\C/C=C\C/C=C\CCCCCCCCCCCCCCCCC(=O)OCC(COC(=O)CCCCCCC/C=C\CCCCCCC)OC(=O)CCCCCCCC/C=C\C/C=C\C/C=C\C/C=C\CC.